The van der Waals surface area contributed by atoms with E-state index in [9.17, 15) is 0 Å². The van der Waals surface area contributed by atoms with Crippen LogP contribution >= 0.6 is 0 Å². The number of nitrogens with one attached hydrogen (secondary N) is 1. The largest absolute Gasteiger partial charge is 0.329 e. The highest BCUT2D eigenvalue weighted by Gasteiger charge is 2.21. The van der Waals surface area contributed by atoms with Crippen LogP contribution in [0.3, 0.4) is 0 Å². The third-order valence-corrected chi connectivity index (χ3v) is 3.89. The van der Waals surface area contributed by atoms with Crippen LogP contribution in [0.2, 0.25) is 0 Å². The fourth-order valence-corrected chi connectivity index (χ4v) is 2.71. The third-order valence-electron chi connectivity index (χ3n) is 3.89. The maximum atomic E-state index is 5.63. The lowest BCUT2D eigenvalue weighted by atomic mass is 10.1. The van der Waals surface area contributed by atoms with E-state index in [0.29, 0.717) is 6.17 Å². The molecular formula is C16H33N3. The Hall–Kier alpha value is -0.380. The first-order chi connectivity index (χ1) is 9.38. The summed E-state index contributed by atoms with van der Waals surface area (Å²) in [5, 5.41) is 3.54. The highest BCUT2D eigenvalue weighted by molar-refractivity contribution is 4.89. The topological polar surface area (TPSA) is 41.3 Å². The first kappa shape index (κ1) is 16.7. The molecule has 1 aliphatic heterocycles. The normalized spacial score (nSPS) is 20.6. The van der Waals surface area contributed by atoms with Crippen molar-refractivity contribution in [2.75, 3.05) is 26.2 Å². The summed E-state index contributed by atoms with van der Waals surface area (Å²) < 4.78 is 0. The Morgan fingerprint density at radius 3 is 2.74 bits per heavy atom. The van der Waals surface area contributed by atoms with Gasteiger partial charge in [0.1, 0.15) is 0 Å². The van der Waals surface area contributed by atoms with Gasteiger partial charge in [-0.1, -0.05) is 51.2 Å². The second kappa shape index (κ2) is 11.4. The van der Waals surface area contributed by atoms with E-state index in [4.69, 9.17) is 5.73 Å². The van der Waals surface area contributed by atoms with Gasteiger partial charge in [-0.25, -0.2) is 0 Å². The van der Waals surface area contributed by atoms with Gasteiger partial charge in [0.15, 0.2) is 0 Å². The highest BCUT2D eigenvalue weighted by Crippen LogP contribution is 2.09. The third kappa shape index (κ3) is 7.71. The summed E-state index contributed by atoms with van der Waals surface area (Å²) in [7, 11) is 0. The van der Waals surface area contributed by atoms with Gasteiger partial charge in [-0.3, -0.25) is 4.90 Å². The fraction of sp³-hybridized carbons (Fsp3) is 0.875. The molecule has 1 heterocycles. The lowest BCUT2D eigenvalue weighted by molar-refractivity contribution is 0.249. The van der Waals surface area contributed by atoms with Gasteiger partial charge in [-0.15, -0.1) is 0 Å². The van der Waals surface area contributed by atoms with Gasteiger partial charge >= 0.3 is 0 Å². The highest BCUT2D eigenvalue weighted by atomic mass is 15.3. The molecule has 0 aromatic rings. The van der Waals surface area contributed by atoms with E-state index in [1.54, 1.807) is 0 Å². The van der Waals surface area contributed by atoms with E-state index in [-0.39, 0.29) is 0 Å². The Balaban J connectivity index is 1.97. The Kier molecular flexibility index (Phi) is 10.0. The Bertz CT molecular complexity index is 228. The molecule has 0 aromatic carbocycles. The molecule has 0 amide bonds. The maximum Gasteiger partial charge on any atom is 0.0633 e. The molecule has 0 radical (unpaired) electrons. The molecule has 1 atom stereocenters. The van der Waals surface area contributed by atoms with Crippen molar-refractivity contribution in [2.45, 2.75) is 64.5 Å². The Labute approximate surface area is 119 Å². The number of allylic oxidation sites excluding steroid dienone is 1. The molecule has 0 aliphatic carbocycles. The van der Waals surface area contributed by atoms with Crippen LogP contribution in [0.1, 0.15) is 58.3 Å². The zero-order chi connectivity index (χ0) is 13.8. The number of nitrogens with zero attached hydrogens (tertiary/aromatic N) is 1. The van der Waals surface area contributed by atoms with Crippen molar-refractivity contribution in [3.8, 4) is 0 Å². The SMILES string of the molecule is CCCCCCCCC=CCC1NCCN1CCN. The van der Waals surface area contributed by atoms with Crippen LogP contribution < -0.4 is 11.1 Å². The van der Waals surface area contributed by atoms with Gasteiger partial charge in [-0.05, 0) is 19.3 Å². The molecule has 1 saturated heterocycles. The van der Waals surface area contributed by atoms with Crippen molar-refractivity contribution in [2.24, 2.45) is 5.73 Å². The number of rotatable bonds is 11. The summed E-state index contributed by atoms with van der Waals surface area (Å²) >= 11 is 0. The number of hydrogen-bond acceptors (Lipinski definition) is 3. The molecular weight excluding hydrogens is 234 g/mol. The van der Waals surface area contributed by atoms with Crippen molar-refractivity contribution in [3.63, 3.8) is 0 Å². The predicted molar refractivity (Wildman–Crippen MR) is 84.2 cm³/mol. The summed E-state index contributed by atoms with van der Waals surface area (Å²) in [6.07, 6.45) is 15.9. The molecule has 1 aliphatic rings. The number of unbranched alkanes of at least 4 members (excludes halogenated alkanes) is 6. The molecule has 1 unspecified atom stereocenters. The molecule has 1 rings (SSSR count). The number of hydrogen-bond donors (Lipinski definition) is 2. The molecule has 1 fully saturated rings. The minimum absolute atomic E-state index is 0.518. The van der Waals surface area contributed by atoms with Crippen molar-refractivity contribution in [1.29, 1.82) is 0 Å². The van der Waals surface area contributed by atoms with Crippen LogP contribution in [0.5, 0.6) is 0 Å². The average molecular weight is 267 g/mol. The molecule has 0 aromatic heterocycles. The first-order valence-corrected chi connectivity index (χ1v) is 8.21. The van der Waals surface area contributed by atoms with Gasteiger partial charge < -0.3 is 11.1 Å². The van der Waals surface area contributed by atoms with Gasteiger partial charge in [-0.2, -0.15) is 0 Å². The van der Waals surface area contributed by atoms with Crippen LogP contribution in [-0.2, 0) is 0 Å². The van der Waals surface area contributed by atoms with Crippen molar-refractivity contribution < 1.29 is 0 Å². The summed E-state index contributed by atoms with van der Waals surface area (Å²) in [6, 6.07) is 0. The van der Waals surface area contributed by atoms with Gasteiger partial charge in [0.25, 0.3) is 0 Å². The van der Waals surface area contributed by atoms with Gasteiger partial charge in [0.05, 0.1) is 6.17 Å². The van der Waals surface area contributed by atoms with Crippen LogP contribution in [0, 0.1) is 0 Å². The predicted octanol–water partition coefficient (Wildman–Crippen LogP) is 2.87. The molecule has 0 spiro atoms. The summed E-state index contributed by atoms with van der Waals surface area (Å²) in [6.45, 7) is 6.30. The molecule has 3 nitrogen and oxygen atoms in total. The quantitative estimate of drug-likeness (QED) is 0.447. The summed E-state index contributed by atoms with van der Waals surface area (Å²) in [5.74, 6) is 0. The van der Waals surface area contributed by atoms with Crippen LogP contribution in [-0.4, -0.2) is 37.2 Å². The van der Waals surface area contributed by atoms with Crippen LogP contribution in [0.15, 0.2) is 12.2 Å². The Morgan fingerprint density at radius 2 is 1.95 bits per heavy atom. The maximum absolute atomic E-state index is 5.63. The second-order valence-electron chi connectivity index (χ2n) is 5.56. The standard InChI is InChI=1S/C16H33N3/c1-2-3-4-5-6-7-8-9-10-11-16-18-13-15-19(16)14-12-17/h9-10,16,18H,2-8,11-15,17H2,1H3. The zero-order valence-electron chi connectivity index (χ0n) is 12.7. The van der Waals surface area contributed by atoms with Gasteiger partial charge in [0.2, 0.25) is 0 Å². The summed E-state index contributed by atoms with van der Waals surface area (Å²) in [4.78, 5) is 2.45. The van der Waals surface area contributed by atoms with Crippen molar-refractivity contribution in [1.82, 2.24) is 10.2 Å². The minimum atomic E-state index is 0.518. The fourth-order valence-electron chi connectivity index (χ4n) is 2.71. The van der Waals surface area contributed by atoms with E-state index in [1.807, 2.05) is 0 Å². The van der Waals surface area contributed by atoms with E-state index in [1.165, 1.54) is 44.9 Å². The van der Waals surface area contributed by atoms with E-state index in [0.717, 1.165) is 32.6 Å². The second-order valence-corrected chi connectivity index (χ2v) is 5.56. The number of nitrogens with two attached hydrogens (primary N) is 1. The van der Waals surface area contributed by atoms with Crippen molar-refractivity contribution >= 4 is 0 Å². The Morgan fingerprint density at radius 1 is 1.16 bits per heavy atom. The van der Waals surface area contributed by atoms with E-state index >= 15 is 0 Å². The molecule has 0 saturated carbocycles. The smallest absolute Gasteiger partial charge is 0.0633 e. The monoisotopic (exact) mass is 267 g/mol. The van der Waals surface area contributed by atoms with Crippen LogP contribution in [0.25, 0.3) is 0 Å². The minimum Gasteiger partial charge on any atom is -0.329 e. The van der Waals surface area contributed by atoms with E-state index in [2.05, 4.69) is 29.3 Å². The molecule has 3 heteroatoms. The first-order valence-electron chi connectivity index (χ1n) is 8.21. The molecule has 19 heavy (non-hydrogen) atoms. The van der Waals surface area contributed by atoms with Gasteiger partial charge in [0, 0.05) is 26.2 Å². The van der Waals surface area contributed by atoms with Crippen LogP contribution in [0.4, 0.5) is 0 Å². The lowest BCUT2D eigenvalue weighted by Gasteiger charge is -2.21. The molecule has 0 bridgehead atoms. The summed E-state index contributed by atoms with van der Waals surface area (Å²) in [5.41, 5.74) is 5.63. The van der Waals surface area contributed by atoms with Crippen molar-refractivity contribution in [3.05, 3.63) is 12.2 Å². The zero-order valence-corrected chi connectivity index (χ0v) is 12.7. The molecule has 112 valence electrons. The molecule has 3 N–H and O–H groups in total. The lowest BCUT2D eigenvalue weighted by Crippen LogP contribution is -2.38. The van der Waals surface area contributed by atoms with E-state index < -0.39 is 0 Å². The average Bonchev–Trinajstić information content (AvgIpc) is 2.85.